The summed E-state index contributed by atoms with van der Waals surface area (Å²) in [4.78, 5) is 0. The minimum absolute atomic E-state index is 0.158. The van der Waals surface area contributed by atoms with Gasteiger partial charge in [0.1, 0.15) is 11.5 Å². The number of hydrogen-bond acceptors (Lipinski definition) is 6. The van der Waals surface area contributed by atoms with Gasteiger partial charge in [0.25, 0.3) is 0 Å². The Morgan fingerprint density at radius 1 is 0.567 bits per heavy atom. The molecule has 154 valence electrons. The van der Waals surface area contributed by atoms with E-state index < -0.39 is 21.0 Å². The van der Waals surface area contributed by atoms with Crippen molar-refractivity contribution in [2.45, 2.75) is 0 Å². The van der Waals surface area contributed by atoms with E-state index in [0.29, 0.717) is 10.8 Å². The van der Waals surface area contributed by atoms with E-state index in [9.17, 15) is 24.6 Å². The monoisotopic (exact) mass is 450 g/mol. The van der Waals surface area contributed by atoms with Gasteiger partial charge >= 0.3 is 21.0 Å². The molecule has 10 heteroatoms. The molecule has 0 N–H and O–H groups in total. The lowest BCUT2D eigenvalue weighted by Crippen LogP contribution is -2.01. The highest BCUT2D eigenvalue weighted by Gasteiger charge is 2.14. The Balaban J connectivity index is 1.85. The van der Waals surface area contributed by atoms with Crippen molar-refractivity contribution in [2.75, 3.05) is 0 Å². The van der Waals surface area contributed by atoms with Crippen molar-refractivity contribution in [1.82, 2.24) is 0 Å². The molecule has 0 aliphatic heterocycles. The fourth-order valence-corrected chi connectivity index (χ4v) is 3.99. The molecule has 0 radical (unpaired) electrons. The summed E-state index contributed by atoms with van der Waals surface area (Å²) in [5, 5.41) is 2.74. The zero-order valence-electron chi connectivity index (χ0n) is 15.0. The summed E-state index contributed by atoms with van der Waals surface area (Å²) < 4.78 is 77.1. The maximum absolute atomic E-state index is 12.8. The van der Waals surface area contributed by atoms with E-state index in [1.165, 1.54) is 24.3 Å². The number of halogens is 2. The highest BCUT2D eigenvalue weighted by atomic mass is 32.3. The Hall–Kier alpha value is -3.24. The smallest absolute Gasteiger partial charge is 0.358 e. The summed E-state index contributed by atoms with van der Waals surface area (Å²) >= 11 is 0. The molecule has 0 heterocycles. The quantitative estimate of drug-likeness (QED) is 0.404. The molecule has 0 amide bonds. The van der Waals surface area contributed by atoms with Crippen molar-refractivity contribution < 1.29 is 33.0 Å². The van der Waals surface area contributed by atoms with Gasteiger partial charge in [-0.05, 0) is 56.9 Å². The largest absolute Gasteiger partial charge is 0.488 e. The maximum Gasteiger partial charge on any atom is 0.488 e. The van der Waals surface area contributed by atoms with Crippen LogP contribution in [-0.2, 0) is 21.0 Å². The second kappa shape index (κ2) is 7.22. The minimum Gasteiger partial charge on any atom is -0.358 e. The van der Waals surface area contributed by atoms with E-state index in [1.54, 1.807) is 36.4 Å². The van der Waals surface area contributed by atoms with Gasteiger partial charge in [-0.3, -0.25) is 0 Å². The SMILES string of the molecule is O=S(=O)(F)Oc1ccc2c(-c3cccc4cc(OS(=O)(=O)F)ccc34)cccc2c1. The van der Waals surface area contributed by atoms with Gasteiger partial charge in [0.2, 0.25) is 0 Å². The first-order valence-electron chi connectivity index (χ1n) is 8.43. The molecule has 4 aromatic rings. The molecule has 0 saturated heterocycles. The van der Waals surface area contributed by atoms with Crippen LogP contribution in [0.25, 0.3) is 32.7 Å². The van der Waals surface area contributed by atoms with Gasteiger partial charge in [0.15, 0.2) is 0 Å². The Morgan fingerprint density at radius 3 is 1.33 bits per heavy atom. The van der Waals surface area contributed by atoms with Crippen LogP contribution in [0.5, 0.6) is 11.5 Å². The molecule has 0 bridgehead atoms. The normalized spacial score (nSPS) is 12.2. The zero-order valence-corrected chi connectivity index (χ0v) is 16.6. The summed E-state index contributed by atoms with van der Waals surface area (Å²) in [7, 11) is -10.3. The Kier molecular flexibility index (Phi) is 4.83. The minimum atomic E-state index is -5.14. The molecule has 0 aromatic heterocycles. The molecule has 0 unspecified atom stereocenters. The first-order valence-corrected chi connectivity index (χ1v) is 11.0. The van der Waals surface area contributed by atoms with Crippen LogP contribution in [0, 0.1) is 0 Å². The predicted octanol–water partition coefficient (Wildman–Crippen LogP) is 4.85. The van der Waals surface area contributed by atoms with Crippen molar-refractivity contribution in [2.24, 2.45) is 0 Å². The van der Waals surface area contributed by atoms with Crippen molar-refractivity contribution >= 4 is 42.6 Å². The van der Waals surface area contributed by atoms with Crippen LogP contribution < -0.4 is 8.37 Å². The molecule has 0 saturated carbocycles. The number of rotatable bonds is 5. The van der Waals surface area contributed by atoms with Gasteiger partial charge < -0.3 is 8.37 Å². The first kappa shape index (κ1) is 20.0. The highest BCUT2D eigenvalue weighted by molar-refractivity contribution is 7.82. The molecular weight excluding hydrogens is 438 g/mol. The van der Waals surface area contributed by atoms with E-state index in [4.69, 9.17) is 0 Å². The van der Waals surface area contributed by atoms with Crippen molar-refractivity contribution in [3.63, 3.8) is 0 Å². The molecule has 4 aromatic carbocycles. The third kappa shape index (κ3) is 4.34. The van der Waals surface area contributed by atoms with Crippen LogP contribution in [0.15, 0.2) is 72.8 Å². The van der Waals surface area contributed by atoms with Crippen LogP contribution in [0.4, 0.5) is 7.77 Å². The predicted molar refractivity (Wildman–Crippen MR) is 108 cm³/mol. The van der Waals surface area contributed by atoms with E-state index in [-0.39, 0.29) is 11.5 Å². The Bertz CT molecular complexity index is 1380. The molecule has 4 rings (SSSR count). The van der Waals surface area contributed by atoms with Crippen molar-refractivity contribution in [3.05, 3.63) is 72.8 Å². The standard InChI is InChI=1S/C20H12F2O6S2/c21-29(23,24)27-15-7-9-17-13(11-15)3-1-5-19(17)20-6-2-4-14-12-16(8-10-18(14)20)28-30(22,25)26/h1-12H. The topological polar surface area (TPSA) is 86.7 Å². The summed E-state index contributed by atoms with van der Waals surface area (Å²) in [6.45, 7) is 0. The van der Waals surface area contributed by atoms with E-state index in [0.717, 1.165) is 21.9 Å². The molecule has 6 nitrogen and oxygen atoms in total. The van der Waals surface area contributed by atoms with Gasteiger partial charge in [0, 0.05) is 0 Å². The highest BCUT2D eigenvalue weighted by Crippen LogP contribution is 2.36. The summed E-state index contributed by atoms with van der Waals surface area (Å²) in [6, 6.07) is 19.3. The van der Waals surface area contributed by atoms with E-state index in [2.05, 4.69) is 8.37 Å². The first-order chi connectivity index (χ1) is 14.1. The van der Waals surface area contributed by atoms with Gasteiger partial charge in [0.05, 0.1) is 0 Å². The second-order valence-corrected chi connectivity index (χ2v) is 8.24. The molecular formula is C20H12F2O6S2. The summed E-state index contributed by atoms with van der Waals surface area (Å²) in [5.74, 6) is -0.316. The summed E-state index contributed by atoms with van der Waals surface area (Å²) in [5.41, 5.74) is 1.58. The van der Waals surface area contributed by atoms with Gasteiger partial charge in [-0.15, -0.1) is 0 Å². The lowest BCUT2D eigenvalue weighted by Gasteiger charge is -2.12. The third-order valence-electron chi connectivity index (χ3n) is 4.39. The number of hydrogen-bond donors (Lipinski definition) is 0. The molecule has 30 heavy (non-hydrogen) atoms. The average molecular weight is 450 g/mol. The van der Waals surface area contributed by atoms with Gasteiger partial charge in [-0.1, -0.05) is 56.3 Å². The molecule has 0 spiro atoms. The number of benzene rings is 4. The van der Waals surface area contributed by atoms with Crippen LogP contribution in [-0.4, -0.2) is 16.8 Å². The Labute approximate surface area is 171 Å². The third-order valence-corrected chi connectivity index (χ3v) is 5.17. The average Bonchev–Trinajstić information content (AvgIpc) is 2.64. The van der Waals surface area contributed by atoms with Gasteiger partial charge in [-0.2, -0.15) is 16.8 Å². The fourth-order valence-electron chi connectivity index (χ4n) is 3.33. The molecule has 0 aliphatic rings. The van der Waals surface area contributed by atoms with Crippen LogP contribution in [0.2, 0.25) is 0 Å². The fraction of sp³-hybridized carbons (Fsp3) is 0. The van der Waals surface area contributed by atoms with Crippen molar-refractivity contribution in [1.29, 1.82) is 0 Å². The van der Waals surface area contributed by atoms with Crippen molar-refractivity contribution in [3.8, 4) is 22.6 Å². The van der Waals surface area contributed by atoms with E-state index >= 15 is 0 Å². The number of fused-ring (bicyclic) bond motifs is 2. The molecule has 0 fully saturated rings. The summed E-state index contributed by atoms with van der Waals surface area (Å²) in [6.07, 6.45) is 0. The maximum atomic E-state index is 12.8. The van der Waals surface area contributed by atoms with Crippen LogP contribution in [0.1, 0.15) is 0 Å². The molecule has 0 atom stereocenters. The second-order valence-electron chi connectivity index (χ2n) is 6.33. The lowest BCUT2D eigenvalue weighted by atomic mass is 9.94. The lowest BCUT2D eigenvalue weighted by molar-refractivity contribution is 0.438. The molecule has 0 aliphatic carbocycles. The zero-order chi connectivity index (χ0) is 21.5. The van der Waals surface area contributed by atoms with E-state index in [1.807, 2.05) is 12.1 Å². The van der Waals surface area contributed by atoms with Crippen LogP contribution in [0.3, 0.4) is 0 Å². The van der Waals surface area contributed by atoms with Crippen LogP contribution >= 0.6 is 0 Å². The Morgan fingerprint density at radius 2 is 0.967 bits per heavy atom. The van der Waals surface area contributed by atoms with Gasteiger partial charge in [-0.25, -0.2) is 0 Å².